The maximum Gasteiger partial charge on any atom is 0.307 e. The number of carboxylic acids is 1. The van der Waals surface area contributed by atoms with E-state index < -0.39 is 5.97 Å². The third-order valence-corrected chi connectivity index (χ3v) is 3.60. The van der Waals surface area contributed by atoms with Gasteiger partial charge >= 0.3 is 5.97 Å². The molecule has 0 radical (unpaired) electrons. The number of anilines is 1. The lowest BCUT2D eigenvalue weighted by atomic mass is 10.1. The summed E-state index contributed by atoms with van der Waals surface area (Å²) in [4.78, 5) is 22.8. The zero-order chi connectivity index (χ0) is 18.1. The highest BCUT2D eigenvalue weighted by molar-refractivity contribution is 5.91. The zero-order valence-electron chi connectivity index (χ0n) is 14.3. The number of hydrogen-bond acceptors (Lipinski definition) is 3. The fraction of sp³-hybridized carbons (Fsp3) is 0.300. The second-order valence-electron chi connectivity index (χ2n) is 5.81. The Kier molecular flexibility index (Phi) is 7.01. The number of carbonyl (C=O) groups is 2. The summed E-state index contributed by atoms with van der Waals surface area (Å²) in [6, 6.07) is 14.7. The molecule has 0 aliphatic rings. The Morgan fingerprint density at radius 2 is 1.84 bits per heavy atom. The molecule has 2 N–H and O–H groups in total. The SMILES string of the molecule is CCCOc1ccc(CCC(=O)Nc2cccc(CC(=O)O)c2)cc1. The molecule has 5 nitrogen and oxygen atoms in total. The average Bonchev–Trinajstić information content (AvgIpc) is 2.59. The van der Waals surface area contributed by atoms with Crippen LogP contribution in [0, 0.1) is 0 Å². The maximum atomic E-state index is 12.1. The van der Waals surface area contributed by atoms with Crippen LogP contribution in [0.4, 0.5) is 5.69 Å². The van der Waals surface area contributed by atoms with Gasteiger partial charge in [0, 0.05) is 12.1 Å². The van der Waals surface area contributed by atoms with Crippen LogP contribution in [-0.4, -0.2) is 23.6 Å². The van der Waals surface area contributed by atoms with Crippen molar-refractivity contribution in [3.05, 3.63) is 59.7 Å². The van der Waals surface area contributed by atoms with Gasteiger partial charge in [0.25, 0.3) is 0 Å². The Bertz CT molecular complexity index is 710. The molecule has 0 aliphatic heterocycles. The molecule has 0 fully saturated rings. The monoisotopic (exact) mass is 341 g/mol. The van der Waals surface area contributed by atoms with Crippen molar-refractivity contribution >= 4 is 17.6 Å². The van der Waals surface area contributed by atoms with Gasteiger partial charge < -0.3 is 15.2 Å². The summed E-state index contributed by atoms with van der Waals surface area (Å²) in [6.07, 6.45) is 1.90. The number of amides is 1. The summed E-state index contributed by atoms with van der Waals surface area (Å²) in [7, 11) is 0. The van der Waals surface area contributed by atoms with E-state index in [-0.39, 0.29) is 12.3 Å². The lowest BCUT2D eigenvalue weighted by molar-refractivity contribution is -0.136. The van der Waals surface area contributed by atoms with E-state index in [9.17, 15) is 9.59 Å². The molecule has 0 aliphatic carbocycles. The highest BCUT2D eigenvalue weighted by atomic mass is 16.5. The normalized spacial score (nSPS) is 10.3. The van der Waals surface area contributed by atoms with Crippen molar-refractivity contribution < 1.29 is 19.4 Å². The zero-order valence-corrected chi connectivity index (χ0v) is 14.3. The van der Waals surface area contributed by atoms with E-state index >= 15 is 0 Å². The van der Waals surface area contributed by atoms with Gasteiger partial charge in [-0.3, -0.25) is 9.59 Å². The summed E-state index contributed by atoms with van der Waals surface area (Å²) >= 11 is 0. The van der Waals surface area contributed by atoms with E-state index in [1.807, 2.05) is 24.3 Å². The molecule has 0 saturated heterocycles. The minimum absolute atomic E-state index is 0.0594. The average molecular weight is 341 g/mol. The van der Waals surface area contributed by atoms with Crippen molar-refractivity contribution in [2.75, 3.05) is 11.9 Å². The molecule has 0 spiro atoms. The fourth-order valence-corrected chi connectivity index (χ4v) is 2.39. The third-order valence-electron chi connectivity index (χ3n) is 3.60. The van der Waals surface area contributed by atoms with Crippen molar-refractivity contribution in [3.63, 3.8) is 0 Å². The molecule has 2 aromatic rings. The van der Waals surface area contributed by atoms with E-state index in [1.165, 1.54) is 0 Å². The van der Waals surface area contributed by atoms with Gasteiger partial charge in [-0.25, -0.2) is 0 Å². The molecule has 0 bridgehead atoms. The topological polar surface area (TPSA) is 75.6 Å². The molecule has 0 aromatic heterocycles. The van der Waals surface area contributed by atoms with Gasteiger partial charge in [-0.2, -0.15) is 0 Å². The van der Waals surface area contributed by atoms with Crippen LogP contribution in [0.1, 0.15) is 30.9 Å². The summed E-state index contributed by atoms with van der Waals surface area (Å²) < 4.78 is 5.53. The van der Waals surface area contributed by atoms with Crippen LogP contribution in [0.3, 0.4) is 0 Å². The Balaban J connectivity index is 1.83. The quantitative estimate of drug-likeness (QED) is 0.729. The summed E-state index contributed by atoms with van der Waals surface area (Å²) in [6.45, 7) is 2.76. The highest BCUT2D eigenvalue weighted by Gasteiger charge is 2.06. The fourth-order valence-electron chi connectivity index (χ4n) is 2.39. The molecule has 5 heteroatoms. The van der Waals surface area contributed by atoms with Crippen molar-refractivity contribution in [3.8, 4) is 5.75 Å². The third kappa shape index (κ3) is 6.67. The smallest absolute Gasteiger partial charge is 0.307 e. The molecule has 2 rings (SSSR count). The first-order chi connectivity index (χ1) is 12.1. The van der Waals surface area contributed by atoms with Gasteiger partial charge in [-0.15, -0.1) is 0 Å². The van der Waals surface area contributed by atoms with Gasteiger partial charge in [-0.1, -0.05) is 31.2 Å². The van der Waals surface area contributed by atoms with Crippen molar-refractivity contribution in [2.45, 2.75) is 32.6 Å². The number of hydrogen-bond donors (Lipinski definition) is 2. The lowest BCUT2D eigenvalue weighted by Crippen LogP contribution is -2.12. The molecular weight excluding hydrogens is 318 g/mol. The number of benzene rings is 2. The molecular formula is C20H23NO4. The maximum absolute atomic E-state index is 12.1. The minimum atomic E-state index is -0.894. The summed E-state index contributed by atoms with van der Waals surface area (Å²) in [5, 5.41) is 11.6. The van der Waals surface area contributed by atoms with Gasteiger partial charge in [0.2, 0.25) is 5.91 Å². The number of aliphatic carboxylic acids is 1. The molecule has 1 amide bonds. The Hall–Kier alpha value is -2.82. The van der Waals surface area contributed by atoms with E-state index in [0.717, 1.165) is 17.7 Å². The summed E-state index contributed by atoms with van der Waals surface area (Å²) in [5.74, 6) is -0.154. The van der Waals surface area contributed by atoms with E-state index in [4.69, 9.17) is 9.84 Å². The second-order valence-corrected chi connectivity index (χ2v) is 5.81. The van der Waals surface area contributed by atoms with Crippen LogP contribution in [0.2, 0.25) is 0 Å². The molecule has 0 heterocycles. The highest BCUT2D eigenvalue weighted by Crippen LogP contribution is 2.15. The molecule has 0 saturated carbocycles. The number of rotatable bonds is 9. The predicted molar refractivity (Wildman–Crippen MR) is 97.0 cm³/mol. The molecule has 132 valence electrons. The molecule has 2 aromatic carbocycles. The van der Waals surface area contributed by atoms with Crippen LogP contribution in [0.5, 0.6) is 5.75 Å². The lowest BCUT2D eigenvalue weighted by Gasteiger charge is -2.08. The largest absolute Gasteiger partial charge is 0.494 e. The van der Waals surface area contributed by atoms with Gasteiger partial charge in [0.1, 0.15) is 5.75 Å². The van der Waals surface area contributed by atoms with Gasteiger partial charge in [-0.05, 0) is 48.2 Å². The number of aryl methyl sites for hydroxylation is 1. The first kappa shape index (κ1) is 18.5. The standard InChI is InChI=1S/C20H23NO4/c1-2-12-25-18-9-6-15(7-10-18)8-11-19(22)21-17-5-3-4-16(13-17)14-20(23)24/h3-7,9-10,13H,2,8,11-12,14H2,1H3,(H,21,22)(H,23,24). The van der Waals surface area contributed by atoms with Crippen molar-refractivity contribution in [1.82, 2.24) is 0 Å². The number of carboxylic acid groups (broad SMARTS) is 1. The van der Waals surface area contributed by atoms with Gasteiger partial charge in [0.15, 0.2) is 0 Å². The van der Waals surface area contributed by atoms with Crippen LogP contribution in [-0.2, 0) is 22.4 Å². The molecule has 25 heavy (non-hydrogen) atoms. The van der Waals surface area contributed by atoms with Crippen LogP contribution < -0.4 is 10.1 Å². The van der Waals surface area contributed by atoms with Gasteiger partial charge in [0.05, 0.1) is 13.0 Å². The number of ether oxygens (including phenoxy) is 1. The van der Waals surface area contributed by atoms with Crippen LogP contribution in [0.15, 0.2) is 48.5 Å². The Labute approximate surface area is 147 Å². The van der Waals surface area contributed by atoms with E-state index in [0.29, 0.717) is 30.7 Å². The number of carbonyl (C=O) groups excluding carboxylic acids is 1. The Morgan fingerprint density at radius 1 is 1.08 bits per heavy atom. The van der Waals surface area contributed by atoms with E-state index in [2.05, 4.69) is 12.2 Å². The predicted octanol–water partition coefficient (Wildman–Crippen LogP) is 3.67. The second kappa shape index (κ2) is 9.47. The molecule has 0 unspecified atom stereocenters. The van der Waals surface area contributed by atoms with Crippen molar-refractivity contribution in [1.29, 1.82) is 0 Å². The van der Waals surface area contributed by atoms with Crippen LogP contribution >= 0.6 is 0 Å². The number of nitrogens with one attached hydrogen (secondary N) is 1. The first-order valence-corrected chi connectivity index (χ1v) is 8.39. The first-order valence-electron chi connectivity index (χ1n) is 8.39. The summed E-state index contributed by atoms with van der Waals surface area (Å²) in [5.41, 5.74) is 2.35. The van der Waals surface area contributed by atoms with Crippen LogP contribution in [0.25, 0.3) is 0 Å². The van der Waals surface area contributed by atoms with E-state index in [1.54, 1.807) is 24.3 Å². The minimum Gasteiger partial charge on any atom is -0.494 e. The Morgan fingerprint density at radius 3 is 2.52 bits per heavy atom. The van der Waals surface area contributed by atoms with Crippen molar-refractivity contribution in [2.24, 2.45) is 0 Å². The molecule has 0 atom stereocenters.